The molecule has 66 heavy (non-hydrogen) atoms. The maximum Gasteiger partial charge on any atom is 0.164 e. The highest BCUT2D eigenvalue weighted by molar-refractivity contribution is 5.81. The fourth-order valence-electron chi connectivity index (χ4n) is 9.96. The molecule has 2 bridgehead atoms. The summed E-state index contributed by atoms with van der Waals surface area (Å²) < 4.78 is 2.13. The van der Waals surface area contributed by atoms with Gasteiger partial charge >= 0.3 is 0 Å². The number of hydrogen-bond donors (Lipinski definition) is 0. The minimum Gasteiger partial charge on any atom is -0.327 e. The van der Waals surface area contributed by atoms with E-state index in [0.29, 0.717) is 34.9 Å². The molecule has 14 rings (SSSR count). The van der Waals surface area contributed by atoms with Crippen molar-refractivity contribution in [2.24, 2.45) is 7.05 Å². The van der Waals surface area contributed by atoms with Crippen molar-refractivity contribution < 1.29 is 0 Å². The number of fused-ring (bicyclic) bond motifs is 1. The summed E-state index contributed by atoms with van der Waals surface area (Å²) in [5, 5.41) is 0. The first-order chi connectivity index (χ1) is 32.6. The zero-order chi connectivity index (χ0) is 43.7. The summed E-state index contributed by atoms with van der Waals surface area (Å²) >= 11 is 0. The Morgan fingerprint density at radius 2 is 0.621 bits per heavy atom. The van der Waals surface area contributed by atoms with Gasteiger partial charge in [0.1, 0.15) is 5.82 Å². The molecular formula is C58H38N8. The molecule has 8 aromatic carbocycles. The van der Waals surface area contributed by atoms with Gasteiger partial charge in [-0.2, -0.15) is 0 Å². The van der Waals surface area contributed by atoms with Gasteiger partial charge in [0, 0.05) is 57.8 Å². The Balaban J connectivity index is 0.909. The summed E-state index contributed by atoms with van der Waals surface area (Å²) in [5.41, 5.74) is 16.5. The minimum absolute atomic E-state index is 0.0218. The number of aryl methyl sites for hydroxylation is 1. The molecule has 3 aliphatic rings. The van der Waals surface area contributed by atoms with Crippen LogP contribution < -0.4 is 0 Å². The monoisotopic (exact) mass is 846 g/mol. The first kappa shape index (κ1) is 37.8. The average molecular weight is 847 g/mol. The average Bonchev–Trinajstić information content (AvgIpc) is 3.74. The van der Waals surface area contributed by atoms with Gasteiger partial charge < -0.3 is 4.57 Å². The lowest BCUT2D eigenvalue weighted by atomic mass is 9.61. The lowest BCUT2D eigenvalue weighted by Gasteiger charge is -2.42. The predicted molar refractivity (Wildman–Crippen MR) is 260 cm³/mol. The number of benzene rings is 8. The van der Waals surface area contributed by atoms with Crippen molar-refractivity contribution in [2.45, 2.75) is 11.8 Å². The van der Waals surface area contributed by atoms with Crippen LogP contribution in [0, 0.1) is 0 Å². The fourth-order valence-corrected chi connectivity index (χ4v) is 9.96. The van der Waals surface area contributed by atoms with Gasteiger partial charge in [-0.1, -0.05) is 176 Å². The highest BCUT2D eigenvalue weighted by Gasteiger charge is 2.41. The lowest BCUT2D eigenvalue weighted by molar-refractivity contribution is 0.754. The van der Waals surface area contributed by atoms with Gasteiger partial charge in [0.15, 0.2) is 34.9 Å². The molecule has 0 aliphatic heterocycles. The van der Waals surface area contributed by atoms with E-state index in [0.717, 1.165) is 55.8 Å². The number of hydrogen-bond acceptors (Lipinski definition) is 7. The van der Waals surface area contributed by atoms with E-state index in [2.05, 4.69) is 103 Å². The van der Waals surface area contributed by atoms with Crippen LogP contribution in [-0.4, -0.2) is 39.5 Å². The molecule has 0 amide bonds. The van der Waals surface area contributed by atoms with E-state index in [1.165, 1.54) is 33.4 Å². The van der Waals surface area contributed by atoms with Crippen LogP contribution in [0.15, 0.2) is 200 Å². The van der Waals surface area contributed by atoms with Crippen molar-refractivity contribution in [2.75, 3.05) is 0 Å². The molecule has 8 heteroatoms. The van der Waals surface area contributed by atoms with E-state index in [1.54, 1.807) is 0 Å². The Bertz CT molecular complexity index is 3600. The van der Waals surface area contributed by atoms with Gasteiger partial charge in [0.25, 0.3) is 0 Å². The summed E-state index contributed by atoms with van der Waals surface area (Å²) in [6.45, 7) is 0. The molecule has 310 valence electrons. The van der Waals surface area contributed by atoms with Crippen LogP contribution in [0.3, 0.4) is 0 Å². The quantitative estimate of drug-likeness (QED) is 0.158. The molecular weight excluding hydrogens is 809 g/mol. The zero-order valence-corrected chi connectivity index (χ0v) is 35.8. The van der Waals surface area contributed by atoms with Crippen LogP contribution in [0.1, 0.15) is 45.2 Å². The van der Waals surface area contributed by atoms with Gasteiger partial charge in [0.2, 0.25) is 0 Å². The Labute approximate surface area is 381 Å². The van der Waals surface area contributed by atoms with Gasteiger partial charge in [-0.15, -0.1) is 0 Å². The first-order valence-corrected chi connectivity index (χ1v) is 22.2. The molecule has 11 aromatic rings. The molecule has 2 atom stereocenters. The molecule has 0 radical (unpaired) electrons. The summed E-state index contributed by atoms with van der Waals surface area (Å²) in [5.74, 6) is 4.77. The van der Waals surface area contributed by atoms with Gasteiger partial charge in [-0.05, 0) is 57.6 Å². The number of nitrogens with zero attached hydrogens (tertiary/aromatic N) is 8. The Hall–Kier alpha value is -8.75. The van der Waals surface area contributed by atoms with E-state index in [-0.39, 0.29) is 11.8 Å². The normalized spacial score (nSPS) is 14.4. The topological polar surface area (TPSA) is 95.2 Å². The smallest absolute Gasteiger partial charge is 0.164 e. The zero-order valence-electron chi connectivity index (χ0n) is 35.8. The molecule has 3 aliphatic carbocycles. The molecule has 3 heterocycles. The number of rotatable bonds is 7. The number of imidazole rings is 1. The highest BCUT2D eigenvalue weighted by atomic mass is 15.1. The SMILES string of the molecule is Cn1c(-c2ccc(-c3nc(-c4ccccc4)nc(-c4ccc5c(c4)C4c6ccccc6C5c5cc(-c6nc(-c7ccccc7)nc(-c7ccccc7)n6)ccc54)n3)cc2)nc2ccccc21. The molecule has 0 N–H and O–H groups in total. The van der Waals surface area contributed by atoms with E-state index in [9.17, 15) is 0 Å². The Kier molecular flexibility index (Phi) is 8.70. The molecule has 0 saturated carbocycles. The summed E-state index contributed by atoms with van der Waals surface area (Å²) in [4.78, 5) is 35.5. The fraction of sp³-hybridized carbons (Fsp3) is 0.0517. The van der Waals surface area contributed by atoms with Gasteiger partial charge in [-0.25, -0.2) is 34.9 Å². The van der Waals surface area contributed by atoms with Crippen molar-refractivity contribution in [1.29, 1.82) is 0 Å². The second-order valence-corrected chi connectivity index (χ2v) is 17.0. The maximum atomic E-state index is 5.19. The van der Waals surface area contributed by atoms with Crippen molar-refractivity contribution in [3.8, 4) is 79.7 Å². The summed E-state index contributed by atoms with van der Waals surface area (Å²) in [6.07, 6.45) is 0. The molecule has 0 spiro atoms. The second-order valence-electron chi connectivity index (χ2n) is 17.0. The van der Waals surface area contributed by atoms with Crippen molar-refractivity contribution >= 4 is 11.0 Å². The standard InChI is InChI=1S/C58H38N8/c1-66-49-24-14-13-23-48(49)59-58(66)39-27-25-38(26-28-39)55-61-54(37-19-9-4-10-20-37)64-57(65-55)41-30-32-45-47(34-41)51-43-22-12-11-21-42(43)50(45)46-33-40(29-31-44(46)51)56-62-52(35-15-5-2-6-16-35)60-53(63-56)36-17-7-3-8-18-36/h2-34,50-51H,1H3. The Morgan fingerprint density at radius 3 is 1.06 bits per heavy atom. The third-order valence-corrected chi connectivity index (χ3v) is 13.1. The molecule has 8 nitrogen and oxygen atoms in total. The second kappa shape index (κ2) is 15.2. The third-order valence-electron chi connectivity index (χ3n) is 13.1. The van der Waals surface area contributed by atoms with E-state index in [4.69, 9.17) is 34.9 Å². The van der Waals surface area contributed by atoms with Crippen LogP contribution in [-0.2, 0) is 7.05 Å². The van der Waals surface area contributed by atoms with Crippen molar-refractivity contribution in [3.63, 3.8) is 0 Å². The van der Waals surface area contributed by atoms with Gasteiger partial charge in [0.05, 0.1) is 11.0 Å². The molecule has 3 aromatic heterocycles. The molecule has 2 unspecified atom stereocenters. The predicted octanol–water partition coefficient (Wildman–Crippen LogP) is 12.6. The minimum atomic E-state index is 0.0218. The van der Waals surface area contributed by atoms with E-state index < -0.39 is 0 Å². The van der Waals surface area contributed by atoms with Crippen molar-refractivity contribution in [1.82, 2.24) is 39.5 Å². The highest BCUT2D eigenvalue weighted by Crippen LogP contribution is 2.56. The summed E-state index contributed by atoms with van der Waals surface area (Å²) in [6, 6.07) is 69.4. The van der Waals surface area contributed by atoms with E-state index in [1.807, 2.05) is 109 Å². The molecule has 0 fully saturated rings. The molecule has 0 saturated heterocycles. The van der Waals surface area contributed by atoms with Crippen LogP contribution >= 0.6 is 0 Å². The number of aromatic nitrogens is 8. The third kappa shape index (κ3) is 6.25. The Morgan fingerprint density at radius 1 is 0.288 bits per heavy atom. The van der Waals surface area contributed by atoms with Crippen LogP contribution in [0.5, 0.6) is 0 Å². The number of para-hydroxylation sites is 2. The van der Waals surface area contributed by atoms with E-state index >= 15 is 0 Å². The van der Waals surface area contributed by atoms with Crippen LogP contribution in [0.4, 0.5) is 0 Å². The largest absolute Gasteiger partial charge is 0.327 e. The van der Waals surface area contributed by atoms with Crippen LogP contribution in [0.25, 0.3) is 90.7 Å². The summed E-state index contributed by atoms with van der Waals surface area (Å²) in [7, 11) is 2.06. The first-order valence-electron chi connectivity index (χ1n) is 22.2. The van der Waals surface area contributed by atoms with Crippen molar-refractivity contribution in [3.05, 3.63) is 234 Å². The van der Waals surface area contributed by atoms with Gasteiger partial charge in [-0.3, -0.25) is 0 Å². The van der Waals surface area contributed by atoms with Crippen LogP contribution in [0.2, 0.25) is 0 Å². The lowest BCUT2D eigenvalue weighted by Crippen LogP contribution is -2.27. The maximum absolute atomic E-state index is 5.19.